The highest BCUT2D eigenvalue weighted by Gasteiger charge is 2.28. The average Bonchev–Trinajstić information content (AvgIpc) is 2.82. The van der Waals surface area contributed by atoms with E-state index in [0.717, 1.165) is 6.42 Å². The zero-order valence-electron chi connectivity index (χ0n) is 12.2. The van der Waals surface area contributed by atoms with E-state index in [-0.39, 0.29) is 24.7 Å². The van der Waals surface area contributed by atoms with Crippen molar-refractivity contribution in [2.45, 2.75) is 38.0 Å². The molecule has 0 spiro atoms. The topological polar surface area (TPSA) is 70.6 Å². The van der Waals surface area contributed by atoms with Crippen molar-refractivity contribution in [2.75, 3.05) is 13.2 Å². The molecule has 1 aromatic carbocycles. The molecule has 3 N–H and O–H groups in total. The molecule has 0 bridgehead atoms. The van der Waals surface area contributed by atoms with Crippen LogP contribution >= 0.6 is 11.6 Å². The molecule has 0 aromatic heterocycles. The molecule has 3 atom stereocenters. The molecule has 0 unspecified atom stereocenters. The van der Waals surface area contributed by atoms with E-state index in [1.54, 1.807) is 31.2 Å². The highest BCUT2D eigenvalue weighted by Crippen LogP contribution is 2.27. The quantitative estimate of drug-likeness (QED) is 0.796. The second-order valence-corrected chi connectivity index (χ2v) is 5.96. The molecule has 1 fully saturated rings. The first-order valence-corrected chi connectivity index (χ1v) is 7.41. The maximum absolute atomic E-state index is 11.9. The van der Waals surface area contributed by atoms with Crippen LogP contribution in [-0.2, 0) is 10.3 Å². The van der Waals surface area contributed by atoms with E-state index in [0.29, 0.717) is 17.2 Å². The molecule has 1 heterocycles. The number of nitrogens with one attached hydrogen (secondary N) is 2. The van der Waals surface area contributed by atoms with Crippen molar-refractivity contribution in [1.82, 2.24) is 10.6 Å². The van der Waals surface area contributed by atoms with Gasteiger partial charge in [-0.3, -0.25) is 0 Å². The minimum Gasteiger partial charge on any atom is -0.384 e. The van der Waals surface area contributed by atoms with Crippen molar-refractivity contribution in [1.29, 1.82) is 0 Å². The van der Waals surface area contributed by atoms with Gasteiger partial charge < -0.3 is 20.5 Å². The maximum atomic E-state index is 11.9. The third-order valence-corrected chi connectivity index (χ3v) is 4.07. The van der Waals surface area contributed by atoms with Gasteiger partial charge in [-0.05, 0) is 26.3 Å². The number of carbonyl (C=O) groups excluding carboxylic acids is 1. The van der Waals surface area contributed by atoms with Gasteiger partial charge in [-0.1, -0.05) is 29.8 Å². The number of aliphatic hydroxyl groups is 1. The number of hydrogen-bond donors (Lipinski definition) is 3. The molecule has 21 heavy (non-hydrogen) atoms. The third kappa shape index (κ3) is 4.09. The highest BCUT2D eigenvalue weighted by molar-refractivity contribution is 6.31. The summed E-state index contributed by atoms with van der Waals surface area (Å²) >= 11 is 6.08. The summed E-state index contributed by atoms with van der Waals surface area (Å²) in [6.07, 6.45) is 0.815. The van der Waals surface area contributed by atoms with Gasteiger partial charge in [-0.15, -0.1) is 0 Å². The fourth-order valence-corrected chi connectivity index (χ4v) is 2.73. The first-order valence-electron chi connectivity index (χ1n) is 7.03. The van der Waals surface area contributed by atoms with E-state index in [1.165, 1.54) is 0 Å². The smallest absolute Gasteiger partial charge is 0.315 e. The number of carbonyl (C=O) groups is 1. The normalized spacial score (nSPS) is 24.4. The van der Waals surface area contributed by atoms with E-state index in [9.17, 15) is 9.90 Å². The summed E-state index contributed by atoms with van der Waals surface area (Å²) in [6, 6.07) is 6.74. The lowest BCUT2D eigenvalue weighted by Crippen LogP contribution is -2.48. The Hall–Kier alpha value is -1.30. The van der Waals surface area contributed by atoms with Crippen molar-refractivity contribution < 1.29 is 14.6 Å². The molecule has 1 aliphatic heterocycles. The van der Waals surface area contributed by atoms with Gasteiger partial charge >= 0.3 is 6.03 Å². The molecular formula is C15H21ClN2O3. The molecule has 0 saturated carbocycles. The maximum Gasteiger partial charge on any atom is 0.315 e. The third-order valence-electron chi connectivity index (χ3n) is 3.74. The summed E-state index contributed by atoms with van der Waals surface area (Å²) in [5, 5.41) is 16.5. The Morgan fingerprint density at radius 3 is 2.86 bits per heavy atom. The second kappa shape index (κ2) is 6.64. The van der Waals surface area contributed by atoms with Gasteiger partial charge in [0.05, 0.1) is 18.7 Å². The SMILES string of the molecule is C[C@@H]1OCC[C@H]1NC(=O)NC[C@](C)(O)c1ccccc1Cl. The number of benzene rings is 1. The van der Waals surface area contributed by atoms with Crippen LogP contribution in [0.25, 0.3) is 0 Å². The van der Waals surface area contributed by atoms with E-state index in [2.05, 4.69) is 10.6 Å². The zero-order valence-corrected chi connectivity index (χ0v) is 13.0. The summed E-state index contributed by atoms with van der Waals surface area (Å²) in [4.78, 5) is 11.9. The van der Waals surface area contributed by atoms with Crippen LogP contribution in [-0.4, -0.2) is 36.4 Å². The number of rotatable bonds is 4. The molecule has 6 heteroatoms. The standard InChI is InChI=1S/C15H21ClN2O3/c1-10-13(7-8-21-10)18-14(19)17-9-15(2,20)11-5-3-4-6-12(11)16/h3-6,10,13,20H,7-9H2,1-2H3,(H2,17,18,19)/t10-,13+,15-/m0/s1. The summed E-state index contributed by atoms with van der Waals surface area (Å²) < 4.78 is 5.39. The largest absolute Gasteiger partial charge is 0.384 e. The Bertz CT molecular complexity index is 507. The van der Waals surface area contributed by atoms with Crippen LogP contribution in [0.2, 0.25) is 5.02 Å². The van der Waals surface area contributed by atoms with Gasteiger partial charge in [0.2, 0.25) is 0 Å². The molecule has 116 valence electrons. The minimum absolute atomic E-state index is 0.00950. The Morgan fingerprint density at radius 1 is 1.52 bits per heavy atom. The molecule has 5 nitrogen and oxygen atoms in total. The fourth-order valence-electron chi connectivity index (χ4n) is 2.39. The lowest BCUT2D eigenvalue weighted by Gasteiger charge is -2.26. The molecule has 2 rings (SSSR count). The van der Waals surface area contributed by atoms with Crippen molar-refractivity contribution >= 4 is 17.6 Å². The molecule has 2 amide bonds. The van der Waals surface area contributed by atoms with Gasteiger partial charge in [0.1, 0.15) is 5.60 Å². The van der Waals surface area contributed by atoms with E-state index in [1.807, 2.05) is 6.92 Å². The Balaban J connectivity index is 1.89. The van der Waals surface area contributed by atoms with Crippen LogP contribution in [0.5, 0.6) is 0 Å². The van der Waals surface area contributed by atoms with Crippen molar-refractivity contribution in [3.05, 3.63) is 34.9 Å². The summed E-state index contributed by atoms with van der Waals surface area (Å²) in [7, 11) is 0. The van der Waals surface area contributed by atoms with Crippen LogP contribution in [0.15, 0.2) is 24.3 Å². The second-order valence-electron chi connectivity index (χ2n) is 5.55. The number of urea groups is 1. The Kier molecular flexibility index (Phi) is 5.08. The summed E-state index contributed by atoms with van der Waals surface area (Å²) in [5.41, 5.74) is -0.641. The summed E-state index contributed by atoms with van der Waals surface area (Å²) in [5.74, 6) is 0. The predicted octanol–water partition coefficient (Wildman–Crippen LogP) is 2.02. The zero-order chi connectivity index (χ0) is 15.5. The van der Waals surface area contributed by atoms with Gasteiger partial charge in [-0.2, -0.15) is 0 Å². The lowest BCUT2D eigenvalue weighted by molar-refractivity contribution is 0.0591. The number of amides is 2. The number of hydrogen-bond acceptors (Lipinski definition) is 3. The Morgan fingerprint density at radius 2 is 2.24 bits per heavy atom. The molecule has 0 aliphatic carbocycles. The first kappa shape index (κ1) is 16.1. The van der Waals surface area contributed by atoms with Crippen molar-refractivity contribution in [3.63, 3.8) is 0 Å². The summed E-state index contributed by atoms with van der Waals surface area (Å²) in [6.45, 7) is 4.28. The van der Waals surface area contributed by atoms with Crippen LogP contribution in [0.1, 0.15) is 25.8 Å². The fraction of sp³-hybridized carbons (Fsp3) is 0.533. The van der Waals surface area contributed by atoms with Crippen LogP contribution in [0.3, 0.4) is 0 Å². The van der Waals surface area contributed by atoms with Gasteiger partial charge in [0, 0.05) is 17.2 Å². The van der Waals surface area contributed by atoms with Gasteiger partial charge in [0.15, 0.2) is 0 Å². The highest BCUT2D eigenvalue weighted by atomic mass is 35.5. The van der Waals surface area contributed by atoms with Crippen LogP contribution in [0.4, 0.5) is 4.79 Å². The average molecular weight is 313 g/mol. The van der Waals surface area contributed by atoms with Crippen LogP contribution < -0.4 is 10.6 Å². The predicted molar refractivity (Wildman–Crippen MR) is 81.4 cm³/mol. The van der Waals surface area contributed by atoms with E-state index >= 15 is 0 Å². The van der Waals surface area contributed by atoms with Gasteiger partial charge in [-0.25, -0.2) is 4.79 Å². The van der Waals surface area contributed by atoms with Crippen molar-refractivity contribution in [2.24, 2.45) is 0 Å². The molecule has 1 aliphatic rings. The van der Waals surface area contributed by atoms with E-state index < -0.39 is 5.60 Å². The molecule has 1 aromatic rings. The molecule has 1 saturated heterocycles. The minimum atomic E-state index is -1.23. The van der Waals surface area contributed by atoms with Crippen LogP contribution in [0, 0.1) is 0 Å². The van der Waals surface area contributed by atoms with Crippen molar-refractivity contribution in [3.8, 4) is 0 Å². The Labute approximate surface area is 129 Å². The lowest BCUT2D eigenvalue weighted by atomic mass is 9.96. The molecule has 0 radical (unpaired) electrons. The number of halogens is 1. The monoisotopic (exact) mass is 312 g/mol. The molecular weight excluding hydrogens is 292 g/mol. The first-order chi connectivity index (χ1) is 9.90. The van der Waals surface area contributed by atoms with E-state index in [4.69, 9.17) is 16.3 Å². The number of ether oxygens (including phenoxy) is 1. The van der Waals surface area contributed by atoms with Gasteiger partial charge in [0.25, 0.3) is 0 Å².